The molecule has 0 aliphatic heterocycles. The van der Waals surface area contributed by atoms with Crippen LogP contribution in [0.5, 0.6) is 0 Å². The van der Waals surface area contributed by atoms with Gasteiger partial charge in [0.05, 0.1) is 5.69 Å². The first-order valence-corrected chi connectivity index (χ1v) is 8.34. The molecule has 0 bridgehead atoms. The summed E-state index contributed by atoms with van der Waals surface area (Å²) in [5.41, 5.74) is 0.615. The van der Waals surface area contributed by atoms with Crippen molar-refractivity contribution in [1.82, 2.24) is 4.31 Å². The highest BCUT2D eigenvalue weighted by Crippen LogP contribution is 2.25. The van der Waals surface area contributed by atoms with Gasteiger partial charge in [-0.05, 0) is 39.3 Å². The molecule has 0 radical (unpaired) electrons. The number of hydrogen-bond donors (Lipinski definition) is 2. The summed E-state index contributed by atoms with van der Waals surface area (Å²) in [4.78, 5) is 0.286. The molecule has 0 heterocycles. The highest BCUT2D eigenvalue weighted by Gasteiger charge is 2.28. The highest BCUT2D eigenvalue weighted by atomic mass is 32.2. The molecule has 0 spiro atoms. The molecule has 1 rings (SSSR count). The van der Waals surface area contributed by atoms with E-state index in [-0.39, 0.29) is 17.5 Å². The van der Waals surface area contributed by atoms with Gasteiger partial charge in [0.2, 0.25) is 10.0 Å². The van der Waals surface area contributed by atoms with E-state index in [4.69, 9.17) is 5.11 Å². The second-order valence-corrected chi connectivity index (χ2v) is 6.67. The summed E-state index contributed by atoms with van der Waals surface area (Å²) >= 11 is 0. The topological polar surface area (TPSA) is 69.6 Å². The molecular weight excluding hydrogens is 276 g/mol. The van der Waals surface area contributed by atoms with Crippen molar-refractivity contribution in [2.45, 2.75) is 38.1 Å². The fourth-order valence-corrected chi connectivity index (χ4v) is 3.88. The number of hydrogen-bond acceptors (Lipinski definition) is 4. The molecule has 2 N–H and O–H groups in total. The maximum Gasteiger partial charge on any atom is 0.245 e. The van der Waals surface area contributed by atoms with Crippen molar-refractivity contribution in [3.05, 3.63) is 24.3 Å². The molecule has 0 saturated heterocycles. The SMILES string of the molecule is CCNc1ccccc1S(=O)(=O)N(CCCO)C(C)C. The Morgan fingerprint density at radius 1 is 1.30 bits per heavy atom. The van der Waals surface area contributed by atoms with Gasteiger partial charge in [0.15, 0.2) is 0 Å². The van der Waals surface area contributed by atoms with Gasteiger partial charge in [-0.2, -0.15) is 4.31 Å². The zero-order valence-electron chi connectivity index (χ0n) is 12.3. The van der Waals surface area contributed by atoms with Crippen LogP contribution < -0.4 is 5.32 Å². The lowest BCUT2D eigenvalue weighted by Gasteiger charge is -2.26. The van der Waals surface area contributed by atoms with Gasteiger partial charge in [0.1, 0.15) is 4.90 Å². The molecule has 0 unspecified atom stereocenters. The van der Waals surface area contributed by atoms with Crippen molar-refractivity contribution < 1.29 is 13.5 Å². The minimum Gasteiger partial charge on any atom is -0.396 e. The minimum absolute atomic E-state index is 0.0202. The number of nitrogens with one attached hydrogen (secondary N) is 1. The Balaban J connectivity index is 3.19. The third-order valence-corrected chi connectivity index (χ3v) is 5.09. The standard InChI is InChI=1S/C14H24N2O3S/c1-4-15-13-8-5-6-9-14(13)20(18,19)16(12(2)3)10-7-11-17/h5-6,8-9,12,15,17H,4,7,10-11H2,1-3H3. The molecule has 0 atom stereocenters. The first kappa shape index (κ1) is 16.9. The van der Waals surface area contributed by atoms with Crippen molar-refractivity contribution >= 4 is 15.7 Å². The molecule has 0 amide bonds. The van der Waals surface area contributed by atoms with Crippen LogP contribution in [0.3, 0.4) is 0 Å². The maximum atomic E-state index is 12.8. The van der Waals surface area contributed by atoms with Crippen LogP contribution in [-0.4, -0.2) is 43.6 Å². The van der Waals surface area contributed by atoms with Crippen LogP contribution in [-0.2, 0) is 10.0 Å². The van der Waals surface area contributed by atoms with Crippen molar-refractivity contribution in [3.63, 3.8) is 0 Å². The Morgan fingerprint density at radius 3 is 2.50 bits per heavy atom. The molecule has 0 aliphatic rings. The lowest BCUT2D eigenvalue weighted by molar-refractivity contribution is 0.258. The quantitative estimate of drug-likeness (QED) is 0.769. The number of benzene rings is 1. The van der Waals surface area contributed by atoms with E-state index in [2.05, 4.69) is 5.32 Å². The summed E-state index contributed by atoms with van der Waals surface area (Å²) in [6, 6.07) is 6.76. The Kier molecular flexibility index (Phi) is 6.45. The Labute approximate surface area is 121 Å². The van der Waals surface area contributed by atoms with Gasteiger partial charge in [-0.1, -0.05) is 12.1 Å². The van der Waals surface area contributed by atoms with Gasteiger partial charge in [-0.25, -0.2) is 8.42 Å². The average Bonchev–Trinajstić information content (AvgIpc) is 2.39. The van der Waals surface area contributed by atoms with Crippen LogP contribution in [0, 0.1) is 0 Å². The number of aliphatic hydroxyl groups excluding tert-OH is 1. The smallest absolute Gasteiger partial charge is 0.245 e. The van der Waals surface area contributed by atoms with E-state index >= 15 is 0 Å². The monoisotopic (exact) mass is 300 g/mol. The normalized spacial score (nSPS) is 12.1. The van der Waals surface area contributed by atoms with Gasteiger partial charge >= 0.3 is 0 Å². The van der Waals surface area contributed by atoms with Crippen LogP contribution in [0.4, 0.5) is 5.69 Å². The van der Waals surface area contributed by atoms with E-state index in [1.807, 2.05) is 26.8 Å². The Morgan fingerprint density at radius 2 is 1.95 bits per heavy atom. The zero-order valence-corrected chi connectivity index (χ0v) is 13.2. The maximum absolute atomic E-state index is 12.8. The van der Waals surface area contributed by atoms with E-state index in [0.717, 1.165) is 0 Å². The lowest BCUT2D eigenvalue weighted by atomic mass is 10.3. The lowest BCUT2D eigenvalue weighted by Crippen LogP contribution is -2.38. The summed E-state index contributed by atoms with van der Waals surface area (Å²) in [6.07, 6.45) is 0.431. The molecule has 1 aromatic rings. The van der Waals surface area contributed by atoms with Gasteiger partial charge < -0.3 is 10.4 Å². The molecule has 6 heteroatoms. The molecule has 0 saturated carbocycles. The third-order valence-electron chi connectivity index (χ3n) is 2.95. The van der Waals surface area contributed by atoms with Crippen LogP contribution in [0.1, 0.15) is 27.2 Å². The molecular formula is C14H24N2O3S. The van der Waals surface area contributed by atoms with Crippen LogP contribution >= 0.6 is 0 Å². The summed E-state index contributed by atoms with van der Waals surface area (Å²) in [5.74, 6) is 0. The molecule has 1 aromatic carbocycles. The van der Waals surface area contributed by atoms with Crippen LogP contribution in [0.2, 0.25) is 0 Å². The molecule has 0 fully saturated rings. The average molecular weight is 300 g/mol. The molecule has 114 valence electrons. The largest absolute Gasteiger partial charge is 0.396 e. The fourth-order valence-electron chi connectivity index (χ4n) is 2.04. The number of rotatable bonds is 8. The van der Waals surface area contributed by atoms with Crippen LogP contribution in [0.15, 0.2) is 29.2 Å². The van der Waals surface area contributed by atoms with E-state index in [0.29, 0.717) is 25.2 Å². The van der Waals surface area contributed by atoms with E-state index in [1.165, 1.54) is 4.31 Å². The van der Waals surface area contributed by atoms with Crippen molar-refractivity contribution in [2.75, 3.05) is 25.0 Å². The van der Waals surface area contributed by atoms with Gasteiger partial charge in [-0.15, -0.1) is 0 Å². The number of nitrogens with zero attached hydrogens (tertiary/aromatic N) is 1. The predicted molar refractivity (Wildman–Crippen MR) is 81.3 cm³/mol. The van der Waals surface area contributed by atoms with Gasteiger partial charge in [-0.3, -0.25) is 0 Å². The summed E-state index contributed by atoms with van der Waals surface area (Å²) in [7, 11) is -3.57. The van der Waals surface area contributed by atoms with E-state index < -0.39 is 10.0 Å². The van der Waals surface area contributed by atoms with Gasteiger partial charge in [0, 0.05) is 25.7 Å². The predicted octanol–water partition coefficient (Wildman–Crippen LogP) is 1.90. The van der Waals surface area contributed by atoms with Gasteiger partial charge in [0.25, 0.3) is 0 Å². The Bertz CT molecular complexity index is 515. The molecule has 0 aromatic heterocycles. The zero-order chi connectivity index (χ0) is 15.2. The van der Waals surface area contributed by atoms with E-state index in [1.54, 1.807) is 18.2 Å². The first-order chi connectivity index (χ1) is 9.45. The highest BCUT2D eigenvalue weighted by molar-refractivity contribution is 7.89. The van der Waals surface area contributed by atoms with E-state index in [9.17, 15) is 8.42 Å². The second-order valence-electron chi connectivity index (χ2n) is 4.81. The number of anilines is 1. The minimum atomic E-state index is -3.57. The first-order valence-electron chi connectivity index (χ1n) is 6.90. The summed E-state index contributed by atoms with van der Waals surface area (Å²) in [6.45, 7) is 6.56. The third kappa shape index (κ3) is 3.94. The Hall–Kier alpha value is -1.11. The van der Waals surface area contributed by atoms with Crippen LogP contribution in [0.25, 0.3) is 0 Å². The molecule has 0 aliphatic carbocycles. The van der Waals surface area contributed by atoms with Crippen molar-refractivity contribution in [3.8, 4) is 0 Å². The summed E-state index contributed by atoms with van der Waals surface area (Å²) < 4.78 is 27.0. The number of sulfonamides is 1. The van der Waals surface area contributed by atoms with Crippen molar-refractivity contribution in [2.24, 2.45) is 0 Å². The fraction of sp³-hybridized carbons (Fsp3) is 0.571. The number of para-hydroxylation sites is 1. The molecule has 5 nitrogen and oxygen atoms in total. The van der Waals surface area contributed by atoms with Crippen molar-refractivity contribution in [1.29, 1.82) is 0 Å². The summed E-state index contributed by atoms with van der Waals surface area (Å²) in [5, 5.41) is 12.0. The second kappa shape index (κ2) is 7.61. The number of aliphatic hydroxyl groups is 1. The molecule has 20 heavy (non-hydrogen) atoms.